The molecular weight excluding hydrogens is 368 g/mol. The molecule has 1 saturated carbocycles. The molecule has 3 aromatic rings. The Balaban J connectivity index is 1.55. The standard InChI is InChI=1S/C23H27ClN4/c24-20-12-8-9-18(15-20)17-28-26-22(16-25-21-13-6-1-2-7-14-21)23(27-28)19-10-4-3-5-11-19/h3-5,8-12,15,21,25H,1-2,6-7,13-14,16-17H2. The van der Waals surface area contributed by atoms with Gasteiger partial charge in [-0.15, -0.1) is 0 Å². The number of aromatic nitrogens is 3. The third-order valence-electron chi connectivity index (χ3n) is 5.40. The molecule has 1 fully saturated rings. The third kappa shape index (κ3) is 5.00. The molecule has 5 heteroatoms. The molecule has 0 atom stereocenters. The summed E-state index contributed by atoms with van der Waals surface area (Å²) < 4.78 is 0. The summed E-state index contributed by atoms with van der Waals surface area (Å²) in [5.74, 6) is 0. The van der Waals surface area contributed by atoms with E-state index in [4.69, 9.17) is 21.8 Å². The maximum absolute atomic E-state index is 6.13. The molecule has 0 aliphatic heterocycles. The zero-order chi connectivity index (χ0) is 19.2. The second-order valence-electron chi connectivity index (χ2n) is 7.59. The van der Waals surface area contributed by atoms with Crippen molar-refractivity contribution in [2.24, 2.45) is 0 Å². The Morgan fingerprint density at radius 3 is 2.46 bits per heavy atom. The molecule has 1 heterocycles. The van der Waals surface area contributed by atoms with Gasteiger partial charge in [-0.3, -0.25) is 0 Å². The molecule has 1 N–H and O–H groups in total. The number of hydrogen-bond donors (Lipinski definition) is 1. The first kappa shape index (κ1) is 19.2. The summed E-state index contributed by atoms with van der Waals surface area (Å²) in [6.07, 6.45) is 7.90. The maximum Gasteiger partial charge on any atom is 0.117 e. The quantitative estimate of drug-likeness (QED) is 0.564. The fraction of sp³-hybridized carbons (Fsp3) is 0.391. The molecule has 4 rings (SSSR count). The van der Waals surface area contributed by atoms with Gasteiger partial charge < -0.3 is 5.32 Å². The average molecular weight is 395 g/mol. The Morgan fingerprint density at radius 1 is 0.929 bits per heavy atom. The highest BCUT2D eigenvalue weighted by Crippen LogP contribution is 2.22. The lowest BCUT2D eigenvalue weighted by atomic mass is 10.1. The summed E-state index contributed by atoms with van der Waals surface area (Å²) in [5.41, 5.74) is 4.18. The first-order chi connectivity index (χ1) is 13.8. The SMILES string of the molecule is Clc1cccc(Cn2nc(CNC3CCCCCC3)c(-c3ccccc3)n2)c1. The van der Waals surface area contributed by atoms with Crippen molar-refractivity contribution >= 4 is 11.6 Å². The van der Waals surface area contributed by atoms with E-state index in [9.17, 15) is 0 Å². The van der Waals surface area contributed by atoms with Gasteiger partial charge in [0, 0.05) is 23.2 Å². The predicted octanol–water partition coefficient (Wildman–Crippen LogP) is 5.46. The first-order valence-corrected chi connectivity index (χ1v) is 10.6. The van der Waals surface area contributed by atoms with Crippen LogP contribution in [0.5, 0.6) is 0 Å². The fourth-order valence-corrected chi connectivity index (χ4v) is 4.13. The van der Waals surface area contributed by atoms with Crippen LogP contribution in [-0.4, -0.2) is 21.0 Å². The maximum atomic E-state index is 6.13. The predicted molar refractivity (Wildman–Crippen MR) is 114 cm³/mol. The Morgan fingerprint density at radius 2 is 1.71 bits per heavy atom. The van der Waals surface area contributed by atoms with Gasteiger partial charge in [0.15, 0.2) is 0 Å². The molecule has 146 valence electrons. The van der Waals surface area contributed by atoms with Crippen LogP contribution in [0.4, 0.5) is 0 Å². The lowest BCUT2D eigenvalue weighted by Gasteiger charge is -2.15. The van der Waals surface area contributed by atoms with Crippen LogP contribution in [-0.2, 0) is 13.1 Å². The van der Waals surface area contributed by atoms with Gasteiger partial charge in [-0.2, -0.15) is 15.0 Å². The fourth-order valence-electron chi connectivity index (χ4n) is 3.92. The molecule has 0 bridgehead atoms. The summed E-state index contributed by atoms with van der Waals surface area (Å²) in [6.45, 7) is 1.37. The van der Waals surface area contributed by atoms with E-state index in [0.29, 0.717) is 12.6 Å². The van der Waals surface area contributed by atoms with Crippen LogP contribution in [0, 0.1) is 0 Å². The number of rotatable bonds is 6. The van der Waals surface area contributed by atoms with Crippen LogP contribution in [0.15, 0.2) is 54.6 Å². The van der Waals surface area contributed by atoms with Crippen molar-refractivity contribution in [3.05, 3.63) is 70.9 Å². The molecule has 28 heavy (non-hydrogen) atoms. The lowest BCUT2D eigenvalue weighted by Crippen LogP contribution is -2.28. The second-order valence-corrected chi connectivity index (χ2v) is 8.03. The van der Waals surface area contributed by atoms with Crippen molar-refractivity contribution in [1.82, 2.24) is 20.3 Å². The van der Waals surface area contributed by atoms with E-state index in [-0.39, 0.29) is 0 Å². The normalized spacial score (nSPS) is 15.5. The van der Waals surface area contributed by atoms with Crippen molar-refractivity contribution < 1.29 is 0 Å². The van der Waals surface area contributed by atoms with Gasteiger partial charge in [-0.1, -0.05) is 79.7 Å². The number of nitrogens with one attached hydrogen (secondary N) is 1. The van der Waals surface area contributed by atoms with Crippen LogP contribution in [0.2, 0.25) is 5.02 Å². The number of benzene rings is 2. The van der Waals surface area contributed by atoms with Crippen molar-refractivity contribution in [1.29, 1.82) is 0 Å². The summed E-state index contributed by atoms with van der Waals surface area (Å²) in [7, 11) is 0. The van der Waals surface area contributed by atoms with E-state index >= 15 is 0 Å². The van der Waals surface area contributed by atoms with Crippen molar-refractivity contribution in [2.45, 2.75) is 57.7 Å². The Hall–Kier alpha value is -2.17. The van der Waals surface area contributed by atoms with Crippen LogP contribution >= 0.6 is 11.6 Å². The molecule has 1 aliphatic carbocycles. The molecule has 0 unspecified atom stereocenters. The molecule has 0 amide bonds. The van der Waals surface area contributed by atoms with Gasteiger partial charge in [0.25, 0.3) is 0 Å². The highest BCUT2D eigenvalue weighted by atomic mass is 35.5. The van der Waals surface area contributed by atoms with Crippen LogP contribution in [0.25, 0.3) is 11.3 Å². The zero-order valence-electron chi connectivity index (χ0n) is 16.1. The molecule has 4 nitrogen and oxygen atoms in total. The highest BCUT2D eigenvalue weighted by Gasteiger charge is 2.16. The highest BCUT2D eigenvalue weighted by molar-refractivity contribution is 6.30. The number of nitrogens with zero attached hydrogens (tertiary/aromatic N) is 3. The number of hydrogen-bond acceptors (Lipinski definition) is 3. The summed E-state index contributed by atoms with van der Waals surface area (Å²) in [5, 5.41) is 14.1. The van der Waals surface area contributed by atoms with E-state index in [2.05, 4.69) is 23.5 Å². The van der Waals surface area contributed by atoms with E-state index in [0.717, 1.165) is 34.1 Å². The Kier molecular flexibility index (Phi) is 6.40. The topological polar surface area (TPSA) is 42.7 Å². The van der Waals surface area contributed by atoms with Crippen molar-refractivity contribution in [2.75, 3.05) is 0 Å². The molecule has 0 spiro atoms. The van der Waals surface area contributed by atoms with Crippen molar-refractivity contribution in [3.8, 4) is 11.3 Å². The molecule has 0 radical (unpaired) electrons. The summed E-state index contributed by atoms with van der Waals surface area (Å²) in [6, 6.07) is 18.8. The van der Waals surface area contributed by atoms with Crippen LogP contribution in [0.3, 0.4) is 0 Å². The molecule has 0 saturated heterocycles. The third-order valence-corrected chi connectivity index (χ3v) is 5.63. The molecule has 1 aromatic heterocycles. The largest absolute Gasteiger partial charge is 0.308 e. The van der Waals surface area contributed by atoms with Gasteiger partial charge in [-0.05, 0) is 30.5 Å². The lowest BCUT2D eigenvalue weighted by molar-refractivity contribution is 0.453. The molecular formula is C23H27ClN4. The average Bonchev–Trinajstić information content (AvgIpc) is 2.93. The van der Waals surface area contributed by atoms with Crippen LogP contribution < -0.4 is 5.32 Å². The van der Waals surface area contributed by atoms with Crippen molar-refractivity contribution in [3.63, 3.8) is 0 Å². The van der Waals surface area contributed by atoms with E-state index < -0.39 is 0 Å². The minimum Gasteiger partial charge on any atom is -0.308 e. The Bertz CT molecular complexity index is 883. The van der Waals surface area contributed by atoms with Gasteiger partial charge in [-0.25, -0.2) is 0 Å². The summed E-state index contributed by atoms with van der Waals surface area (Å²) >= 11 is 6.13. The van der Waals surface area contributed by atoms with E-state index in [1.807, 2.05) is 36.4 Å². The molecule has 1 aliphatic rings. The smallest absolute Gasteiger partial charge is 0.117 e. The van der Waals surface area contributed by atoms with E-state index in [1.165, 1.54) is 38.5 Å². The number of halogens is 1. The van der Waals surface area contributed by atoms with E-state index in [1.54, 1.807) is 4.80 Å². The monoisotopic (exact) mass is 394 g/mol. The summed E-state index contributed by atoms with van der Waals surface area (Å²) in [4.78, 5) is 1.79. The van der Waals surface area contributed by atoms with Crippen LogP contribution in [0.1, 0.15) is 49.8 Å². The minimum absolute atomic E-state index is 0.587. The zero-order valence-corrected chi connectivity index (χ0v) is 16.9. The molecule has 2 aromatic carbocycles. The van der Waals surface area contributed by atoms with Gasteiger partial charge in [0.05, 0.1) is 6.54 Å². The Labute approximate surface area is 171 Å². The second kappa shape index (κ2) is 9.35. The van der Waals surface area contributed by atoms with Gasteiger partial charge in [0.2, 0.25) is 0 Å². The first-order valence-electron chi connectivity index (χ1n) is 10.3. The van der Waals surface area contributed by atoms with Gasteiger partial charge in [0.1, 0.15) is 11.4 Å². The van der Waals surface area contributed by atoms with Gasteiger partial charge >= 0.3 is 0 Å². The minimum atomic E-state index is 0.587.